The normalized spacial score (nSPS) is 34.7. The number of rotatable bonds is 5. The molecule has 0 amide bonds. The van der Waals surface area contributed by atoms with E-state index in [0.717, 1.165) is 24.4 Å². The quantitative estimate of drug-likeness (QED) is 0.608. The van der Waals surface area contributed by atoms with Gasteiger partial charge in [-0.2, -0.15) is 0 Å². The van der Waals surface area contributed by atoms with Gasteiger partial charge in [0.05, 0.1) is 11.8 Å². The Hall–Kier alpha value is -1.11. The van der Waals surface area contributed by atoms with Crippen molar-refractivity contribution in [3.8, 4) is 0 Å². The van der Waals surface area contributed by atoms with E-state index in [1.807, 2.05) is 4.68 Å². The molecule has 0 N–H and O–H groups in total. The third kappa shape index (κ3) is 2.66. The summed E-state index contributed by atoms with van der Waals surface area (Å²) >= 11 is 1.38. The van der Waals surface area contributed by atoms with Gasteiger partial charge in [0.2, 0.25) is 5.16 Å². The Kier molecular flexibility index (Phi) is 3.66. The van der Waals surface area contributed by atoms with Crippen LogP contribution >= 0.6 is 11.8 Å². The third-order valence-corrected chi connectivity index (χ3v) is 7.15. The number of carbonyl (C=O) groups is 1. The zero-order valence-electron chi connectivity index (χ0n) is 13.9. The largest absolute Gasteiger partial charge is 0.461 e. The van der Waals surface area contributed by atoms with Gasteiger partial charge < -0.3 is 4.74 Å². The molecule has 6 nitrogen and oxygen atoms in total. The summed E-state index contributed by atoms with van der Waals surface area (Å²) in [4.78, 5) is 12.2. The number of fused-ring (bicyclic) bond motifs is 2. The maximum absolute atomic E-state index is 12.2. The first kappa shape index (κ1) is 15.4. The fourth-order valence-corrected chi connectivity index (χ4v) is 5.14. The Morgan fingerprint density at radius 1 is 1.39 bits per heavy atom. The van der Waals surface area contributed by atoms with Crippen molar-refractivity contribution in [2.45, 2.75) is 63.8 Å². The minimum Gasteiger partial charge on any atom is -0.461 e. The lowest BCUT2D eigenvalue weighted by Gasteiger charge is -2.61. The number of hydrogen-bond acceptors (Lipinski definition) is 6. The standard InChI is InChI=1S/C16H24N4O2S/c1-9-12-6-10(16(12,2)3)7-13(9)22-14(21)8-23-15-17-18-19-20(15)11-4-5-11/h9-13H,4-8H2,1-3H3/t9-,10-,12-,13+/m1/s1. The van der Waals surface area contributed by atoms with Gasteiger partial charge in [-0.15, -0.1) is 5.10 Å². The van der Waals surface area contributed by atoms with Crippen molar-refractivity contribution in [2.75, 3.05) is 5.75 Å². The van der Waals surface area contributed by atoms with Crippen molar-refractivity contribution in [3.63, 3.8) is 0 Å². The van der Waals surface area contributed by atoms with Crippen LogP contribution in [-0.4, -0.2) is 38.0 Å². The van der Waals surface area contributed by atoms with Gasteiger partial charge in [0.25, 0.3) is 0 Å². The van der Waals surface area contributed by atoms with E-state index in [1.165, 1.54) is 18.2 Å². The molecule has 4 atom stereocenters. The van der Waals surface area contributed by atoms with Crippen LogP contribution in [-0.2, 0) is 9.53 Å². The summed E-state index contributed by atoms with van der Waals surface area (Å²) in [6.45, 7) is 6.95. The second kappa shape index (κ2) is 5.46. The van der Waals surface area contributed by atoms with E-state index in [4.69, 9.17) is 4.74 Å². The summed E-state index contributed by atoms with van der Waals surface area (Å²) in [7, 11) is 0. The number of hydrogen-bond donors (Lipinski definition) is 0. The van der Waals surface area contributed by atoms with Crippen molar-refractivity contribution >= 4 is 17.7 Å². The molecule has 0 spiro atoms. The Bertz CT molecular complexity index is 613. The van der Waals surface area contributed by atoms with E-state index in [-0.39, 0.29) is 17.8 Å². The zero-order valence-corrected chi connectivity index (χ0v) is 14.8. The highest BCUT2D eigenvalue weighted by Gasteiger charge is 2.57. The molecule has 0 aliphatic heterocycles. The minimum atomic E-state index is -0.142. The predicted molar refractivity (Wildman–Crippen MR) is 85.9 cm³/mol. The molecular weight excluding hydrogens is 312 g/mol. The highest BCUT2D eigenvalue weighted by molar-refractivity contribution is 7.99. The highest BCUT2D eigenvalue weighted by atomic mass is 32.2. The van der Waals surface area contributed by atoms with Gasteiger partial charge in [-0.1, -0.05) is 32.5 Å². The van der Waals surface area contributed by atoms with E-state index < -0.39 is 0 Å². The molecular formula is C16H24N4O2S. The number of carbonyl (C=O) groups excluding carboxylic acids is 1. The van der Waals surface area contributed by atoms with Gasteiger partial charge in [-0.3, -0.25) is 4.79 Å². The molecule has 23 heavy (non-hydrogen) atoms. The van der Waals surface area contributed by atoms with Gasteiger partial charge in [-0.25, -0.2) is 4.68 Å². The fraction of sp³-hybridized carbons (Fsp3) is 0.875. The van der Waals surface area contributed by atoms with Gasteiger partial charge in [0.1, 0.15) is 6.10 Å². The molecule has 126 valence electrons. The lowest BCUT2D eigenvalue weighted by Crippen LogP contribution is -2.57. The maximum atomic E-state index is 12.2. The number of esters is 1. The van der Waals surface area contributed by atoms with Crippen LogP contribution in [0.1, 0.15) is 52.5 Å². The highest BCUT2D eigenvalue weighted by Crippen LogP contribution is 2.61. The lowest BCUT2D eigenvalue weighted by atomic mass is 9.45. The monoisotopic (exact) mass is 336 g/mol. The molecule has 5 rings (SSSR count). The first-order valence-electron chi connectivity index (χ1n) is 8.57. The Morgan fingerprint density at radius 3 is 2.83 bits per heavy atom. The summed E-state index contributed by atoms with van der Waals surface area (Å²) in [5.41, 5.74) is 0.420. The summed E-state index contributed by atoms with van der Waals surface area (Å²) in [6, 6.07) is 0.427. The molecule has 1 heterocycles. The van der Waals surface area contributed by atoms with Crippen LogP contribution in [0.15, 0.2) is 5.16 Å². The van der Waals surface area contributed by atoms with Crippen LogP contribution in [0.3, 0.4) is 0 Å². The van der Waals surface area contributed by atoms with Gasteiger partial charge >= 0.3 is 5.97 Å². The predicted octanol–water partition coefficient (Wildman–Crippen LogP) is 2.71. The molecule has 7 heteroatoms. The molecule has 4 saturated carbocycles. The molecule has 0 saturated heterocycles. The van der Waals surface area contributed by atoms with Crippen LogP contribution in [0.25, 0.3) is 0 Å². The zero-order chi connectivity index (χ0) is 16.2. The van der Waals surface area contributed by atoms with E-state index in [2.05, 4.69) is 36.3 Å². The first-order valence-corrected chi connectivity index (χ1v) is 9.55. The maximum Gasteiger partial charge on any atom is 0.316 e. The minimum absolute atomic E-state index is 0.0827. The second-order valence-electron chi connectivity index (χ2n) is 7.91. The SMILES string of the molecule is C[C@H]1[C@@H](OC(=O)CSc2nnnn2C2CC2)C[C@H]2C[C@H]1C2(C)C. The number of nitrogens with zero attached hydrogens (tertiary/aromatic N) is 4. The summed E-state index contributed by atoms with van der Waals surface area (Å²) in [5, 5.41) is 12.4. The van der Waals surface area contributed by atoms with E-state index in [9.17, 15) is 4.79 Å². The average molecular weight is 336 g/mol. The molecule has 4 aliphatic carbocycles. The summed E-state index contributed by atoms with van der Waals surface area (Å²) in [5.74, 6) is 2.00. The fourth-order valence-electron chi connectivity index (χ4n) is 4.41. The molecule has 1 aromatic rings. The van der Waals surface area contributed by atoms with Crippen LogP contribution in [0.5, 0.6) is 0 Å². The molecule has 4 aliphatic rings. The molecule has 2 bridgehead atoms. The topological polar surface area (TPSA) is 69.9 Å². The summed E-state index contributed by atoms with van der Waals surface area (Å²) < 4.78 is 7.61. The van der Waals surface area contributed by atoms with Gasteiger partial charge in [0, 0.05) is 0 Å². The number of thioether (sulfide) groups is 1. The summed E-state index contributed by atoms with van der Waals surface area (Å²) in [6.07, 6.45) is 4.65. The van der Waals surface area contributed by atoms with Gasteiger partial charge in [-0.05, 0) is 59.3 Å². The van der Waals surface area contributed by atoms with Crippen LogP contribution in [0, 0.1) is 23.2 Å². The Morgan fingerprint density at radius 2 is 2.17 bits per heavy atom. The van der Waals surface area contributed by atoms with Crippen LogP contribution in [0.2, 0.25) is 0 Å². The smallest absolute Gasteiger partial charge is 0.316 e. The van der Waals surface area contributed by atoms with Crippen molar-refractivity contribution in [1.82, 2.24) is 20.2 Å². The van der Waals surface area contributed by atoms with Crippen molar-refractivity contribution in [1.29, 1.82) is 0 Å². The second-order valence-corrected chi connectivity index (χ2v) is 8.85. The molecule has 0 aromatic carbocycles. The molecule has 0 radical (unpaired) electrons. The van der Waals surface area contributed by atoms with E-state index >= 15 is 0 Å². The lowest BCUT2D eigenvalue weighted by molar-refractivity contribution is -0.183. The van der Waals surface area contributed by atoms with E-state index in [0.29, 0.717) is 29.2 Å². The van der Waals surface area contributed by atoms with Gasteiger partial charge in [0.15, 0.2) is 0 Å². The molecule has 4 fully saturated rings. The number of ether oxygens (including phenoxy) is 1. The average Bonchev–Trinajstić information content (AvgIpc) is 3.25. The molecule has 1 aromatic heterocycles. The first-order chi connectivity index (χ1) is 11.0. The van der Waals surface area contributed by atoms with Crippen molar-refractivity contribution < 1.29 is 9.53 Å². The Labute approximate surface area is 140 Å². The molecule has 0 unspecified atom stereocenters. The number of tetrazole rings is 1. The Balaban J connectivity index is 1.30. The van der Waals surface area contributed by atoms with Crippen molar-refractivity contribution in [3.05, 3.63) is 0 Å². The number of aromatic nitrogens is 4. The third-order valence-electron chi connectivity index (χ3n) is 6.24. The van der Waals surface area contributed by atoms with Crippen LogP contribution < -0.4 is 0 Å². The van der Waals surface area contributed by atoms with Crippen LogP contribution in [0.4, 0.5) is 0 Å². The van der Waals surface area contributed by atoms with Crippen molar-refractivity contribution in [2.24, 2.45) is 23.2 Å². The van der Waals surface area contributed by atoms with E-state index in [1.54, 1.807) is 0 Å².